The van der Waals surface area contributed by atoms with Crippen molar-refractivity contribution in [2.24, 2.45) is 11.8 Å². The maximum atomic E-state index is 13.6. The summed E-state index contributed by atoms with van der Waals surface area (Å²) in [5.41, 5.74) is -0.769. The standard InChI is InChI=1S/C13H16F2N2O2/c1-8-2-3-9(6-8)7-16-13-11(17(18)19)5-4-10(14)12(13)15/h4-5,8-9,16H,2-3,6-7H2,1H3. The molecule has 0 bridgehead atoms. The van der Waals surface area contributed by atoms with Gasteiger partial charge in [0.25, 0.3) is 5.69 Å². The van der Waals surface area contributed by atoms with E-state index in [0.29, 0.717) is 18.4 Å². The van der Waals surface area contributed by atoms with Gasteiger partial charge in [-0.05, 0) is 30.7 Å². The van der Waals surface area contributed by atoms with Crippen LogP contribution in [0.1, 0.15) is 26.2 Å². The van der Waals surface area contributed by atoms with E-state index in [1.165, 1.54) is 0 Å². The quantitative estimate of drug-likeness (QED) is 0.670. The molecule has 104 valence electrons. The number of anilines is 1. The summed E-state index contributed by atoms with van der Waals surface area (Å²) in [5.74, 6) is -1.27. The van der Waals surface area contributed by atoms with Gasteiger partial charge in [0.15, 0.2) is 17.3 Å². The highest BCUT2D eigenvalue weighted by molar-refractivity contribution is 5.62. The van der Waals surface area contributed by atoms with Crippen molar-refractivity contribution in [2.45, 2.75) is 26.2 Å². The SMILES string of the molecule is CC1CCC(CNc2c([N+](=O)[O-])ccc(F)c2F)C1. The number of nitro groups is 1. The zero-order chi connectivity index (χ0) is 14.0. The van der Waals surface area contributed by atoms with Crippen LogP contribution in [0.25, 0.3) is 0 Å². The lowest BCUT2D eigenvalue weighted by atomic mass is 10.1. The van der Waals surface area contributed by atoms with Crippen LogP contribution < -0.4 is 5.32 Å². The van der Waals surface area contributed by atoms with Gasteiger partial charge in [-0.3, -0.25) is 10.1 Å². The predicted molar refractivity (Wildman–Crippen MR) is 68.0 cm³/mol. The minimum Gasteiger partial charge on any atom is -0.377 e. The molecule has 6 heteroatoms. The topological polar surface area (TPSA) is 55.2 Å². The van der Waals surface area contributed by atoms with Crippen molar-refractivity contribution in [1.82, 2.24) is 0 Å². The molecule has 0 aromatic heterocycles. The first-order chi connectivity index (χ1) is 8.99. The first-order valence-corrected chi connectivity index (χ1v) is 6.35. The molecule has 2 rings (SSSR count). The van der Waals surface area contributed by atoms with Crippen LogP contribution in [0.5, 0.6) is 0 Å². The summed E-state index contributed by atoms with van der Waals surface area (Å²) in [6.07, 6.45) is 3.14. The largest absolute Gasteiger partial charge is 0.377 e. The molecule has 1 fully saturated rings. The lowest BCUT2D eigenvalue weighted by molar-refractivity contribution is -0.384. The van der Waals surface area contributed by atoms with Gasteiger partial charge in [-0.2, -0.15) is 0 Å². The van der Waals surface area contributed by atoms with E-state index in [1.54, 1.807) is 0 Å². The first kappa shape index (κ1) is 13.7. The van der Waals surface area contributed by atoms with Crippen molar-refractivity contribution in [3.8, 4) is 0 Å². The van der Waals surface area contributed by atoms with Crippen LogP contribution in [-0.2, 0) is 0 Å². The molecule has 0 heterocycles. The Morgan fingerprint density at radius 3 is 2.74 bits per heavy atom. The van der Waals surface area contributed by atoms with E-state index in [4.69, 9.17) is 0 Å². The number of benzene rings is 1. The van der Waals surface area contributed by atoms with Gasteiger partial charge in [-0.1, -0.05) is 13.3 Å². The van der Waals surface area contributed by atoms with Gasteiger partial charge in [-0.25, -0.2) is 8.78 Å². The average molecular weight is 270 g/mol. The molecule has 1 aliphatic rings. The van der Waals surface area contributed by atoms with Crippen LogP contribution in [0.2, 0.25) is 0 Å². The zero-order valence-corrected chi connectivity index (χ0v) is 10.7. The minimum absolute atomic E-state index is 0.343. The van der Waals surface area contributed by atoms with Gasteiger partial charge in [0.05, 0.1) is 4.92 Å². The Morgan fingerprint density at radius 1 is 1.42 bits per heavy atom. The highest BCUT2D eigenvalue weighted by atomic mass is 19.2. The molecule has 19 heavy (non-hydrogen) atoms. The monoisotopic (exact) mass is 270 g/mol. The number of rotatable bonds is 4. The normalized spacial score (nSPS) is 22.5. The first-order valence-electron chi connectivity index (χ1n) is 6.35. The van der Waals surface area contributed by atoms with Crippen LogP contribution in [0.4, 0.5) is 20.2 Å². The van der Waals surface area contributed by atoms with E-state index < -0.39 is 22.2 Å². The fraction of sp³-hybridized carbons (Fsp3) is 0.538. The van der Waals surface area contributed by atoms with E-state index >= 15 is 0 Å². The molecule has 2 atom stereocenters. The molecule has 0 amide bonds. The molecule has 1 saturated carbocycles. The Labute approximate surface area is 110 Å². The fourth-order valence-electron chi connectivity index (χ4n) is 2.62. The summed E-state index contributed by atoms with van der Waals surface area (Å²) in [7, 11) is 0. The van der Waals surface area contributed by atoms with Crippen LogP contribution in [-0.4, -0.2) is 11.5 Å². The Kier molecular flexibility index (Phi) is 3.97. The van der Waals surface area contributed by atoms with Crippen LogP contribution in [0.3, 0.4) is 0 Å². The molecule has 4 nitrogen and oxygen atoms in total. The number of nitro benzene ring substituents is 1. The third kappa shape index (κ3) is 3.00. The summed E-state index contributed by atoms with van der Waals surface area (Å²) < 4.78 is 26.8. The maximum absolute atomic E-state index is 13.6. The third-order valence-electron chi connectivity index (χ3n) is 3.64. The van der Waals surface area contributed by atoms with Crippen molar-refractivity contribution in [2.75, 3.05) is 11.9 Å². The summed E-state index contributed by atoms with van der Waals surface area (Å²) in [4.78, 5) is 10.1. The highest BCUT2D eigenvalue weighted by Gasteiger charge is 2.25. The van der Waals surface area contributed by atoms with Gasteiger partial charge < -0.3 is 5.32 Å². The fourth-order valence-corrected chi connectivity index (χ4v) is 2.62. The van der Waals surface area contributed by atoms with E-state index in [-0.39, 0.29) is 5.69 Å². The molecule has 2 unspecified atom stereocenters. The lowest BCUT2D eigenvalue weighted by Crippen LogP contribution is -2.14. The second-order valence-electron chi connectivity index (χ2n) is 5.18. The third-order valence-corrected chi connectivity index (χ3v) is 3.64. The molecule has 0 radical (unpaired) electrons. The molecule has 0 aliphatic heterocycles. The van der Waals surface area contributed by atoms with Gasteiger partial charge in [0, 0.05) is 12.6 Å². The van der Waals surface area contributed by atoms with E-state index in [9.17, 15) is 18.9 Å². The van der Waals surface area contributed by atoms with Crippen molar-refractivity contribution in [3.05, 3.63) is 33.9 Å². The molecule has 1 aromatic carbocycles. The zero-order valence-electron chi connectivity index (χ0n) is 10.7. The maximum Gasteiger partial charge on any atom is 0.295 e. The average Bonchev–Trinajstić information content (AvgIpc) is 2.76. The smallest absolute Gasteiger partial charge is 0.295 e. The predicted octanol–water partition coefficient (Wildman–Crippen LogP) is 3.72. The Morgan fingerprint density at radius 2 is 2.16 bits per heavy atom. The highest BCUT2D eigenvalue weighted by Crippen LogP contribution is 2.33. The lowest BCUT2D eigenvalue weighted by Gasteiger charge is -2.13. The van der Waals surface area contributed by atoms with Crippen molar-refractivity contribution < 1.29 is 13.7 Å². The van der Waals surface area contributed by atoms with Crippen LogP contribution >= 0.6 is 0 Å². The summed E-state index contributed by atoms with van der Waals surface area (Å²) >= 11 is 0. The number of hydrogen-bond donors (Lipinski definition) is 1. The minimum atomic E-state index is -1.18. The number of nitrogens with zero attached hydrogens (tertiary/aromatic N) is 1. The molecular formula is C13H16F2N2O2. The van der Waals surface area contributed by atoms with Gasteiger partial charge >= 0.3 is 0 Å². The van der Waals surface area contributed by atoms with E-state index in [0.717, 1.165) is 31.4 Å². The number of halogens is 2. The molecule has 0 saturated heterocycles. The van der Waals surface area contributed by atoms with E-state index in [1.807, 2.05) is 0 Å². The summed E-state index contributed by atoms with van der Waals surface area (Å²) in [6.45, 7) is 2.58. The molecule has 0 spiro atoms. The van der Waals surface area contributed by atoms with Crippen LogP contribution in [0.15, 0.2) is 12.1 Å². The summed E-state index contributed by atoms with van der Waals surface area (Å²) in [5, 5.41) is 13.5. The summed E-state index contributed by atoms with van der Waals surface area (Å²) in [6, 6.07) is 1.76. The van der Waals surface area contributed by atoms with Gasteiger partial charge in [-0.15, -0.1) is 0 Å². The molecule has 1 N–H and O–H groups in total. The van der Waals surface area contributed by atoms with Crippen molar-refractivity contribution in [3.63, 3.8) is 0 Å². The second kappa shape index (κ2) is 5.50. The van der Waals surface area contributed by atoms with E-state index in [2.05, 4.69) is 12.2 Å². The molecular weight excluding hydrogens is 254 g/mol. The van der Waals surface area contributed by atoms with Crippen molar-refractivity contribution >= 4 is 11.4 Å². The Bertz CT molecular complexity index is 494. The van der Waals surface area contributed by atoms with Gasteiger partial charge in [0.1, 0.15) is 0 Å². The van der Waals surface area contributed by atoms with Crippen molar-refractivity contribution in [1.29, 1.82) is 0 Å². The Balaban J connectivity index is 2.14. The Hall–Kier alpha value is -1.72. The molecule has 1 aliphatic carbocycles. The van der Waals surface area contributed by atoms with Crippen LogP contribution in [0, 0.1) is 33.6 Å². The number of hydrogen-bond acceptors (Lipinski definition) is 3. The number of nitrogens with one attached hydrogen (secondary N) is 1. The second-order valence-corrected chi connectivity index (χ2v) is 5.18. The van der Waals surface area contributed by atoms with Gasteiger partial charge in [0.2, 0.25) is 0 Å². The molecule has 1 aromatic rings.